The van der Waals surface area contributed by atoms with Crippen molar-refractivity contribution in [2.45, 2.75) is 13.0 Å². The second kappa shape index (κ2) is 9.16. The summed E-state index contributed by atoms with van der Waals surface area (Å²) in [6.07, 6.45) is 1.11. The van der Waals surface area contributed by atoms with Crippen molar-refractivity contribution in [2.24, 2.45) is 0 Å². The summed E-state index contributed by atoms with van der Waals surface area (Å²) in [6.45, 7) is 4.94. The lowest BCUT2D eigenvalue weighted by Crippen LogP contribution is -2.37. The van der Waals surface area contributed by atoms with Crippen LogP contribution >= 0.6 is 11.3 Å². The van der Waals surface area contributed by atoms with E-state index < -0.39 is 0 Å². The van der Waals surface area contributed by atoms with Crippen molar-refractivity contribution in [1.82, 2.24) is 15.1 Å². The van der Waals surface area contributed by atoms with E-state index in [1.807, 2.05) is 49.7 Å². The minimum atomic E-state index is -0.0707. The number of amides is 1. The molecular formula is C20H27N3O2S. The Kier molecular flexibility index (Phi) is 6.66. The number of rotatable bonds is 8. The third-order valence-corrected chi connectivity index (χ3v) is 5.55. The molecular weight excluding hydrogens is 346 g/mol. The summed E-state index contributed by atoms with van der Waals surface area (Å²) in [5, 5.41) is 5.21. The number of likely N-dealkylation sites (N-methyl/N-ethyl adjacent to an activating group) is 1. The molecule has 1 aromatic heterocycles. The number of carbonyl (C=O) groups is 1. The fraction of sp³-hybridized carbons (Fsp3) is 0.450. The van der Waals surface area contributed by atoms with Gasteiger partial charge >= 0.3 is 0 Å². The fourth-order valence-corrected chi connectivity index (χ4v) is 3.93. The van der Waals surface area contributed by atoms with Gasteiger partial charge in [0.2, 0.25) is 0 Å². The highest BCUT2D eigenvalue weighted by molar-refractivity contribution is 7.10. The fourth-order valence-electron chi connectivity index (χ4n) is 3.04. The summed E-state index contributed by atoms with van der Waals surface area (Å²) in [5.41, 5.74) is 2.04. The number of thiophene rings is 1. The number of hydrogen-bond acceptors (Lipinski definition) is 5. The number of hydrogen-bond donors (Lipinski definition) is 1. The maximum absolute atomic E-state index is 12.5. The summed E-state index contributed by atoms with van der Waals surface area (Å²) >= 11 is 1.85. The first-order valence-electron chi connectivity index (χ1n) is 9.06. The first-order chi connectivity index (χ1) is 12.6. The molecule has 1 N–H and O–H groups in total. The average molecular weight is 374 g/mol. The van der Waals surface area contributed by atoms with Gasteiger partial charge < -0.3 is 15.0 Å². The van der Waals surface area contributed by atoms with Crippen molar-refractivity contribution >= 4 is 17.2 Å². The van der Waals surface area contributed by atoms with Crippen molar-refractivity contribution in [1.29, 1.82) is 0 Å². The van der Waals surface area contributed by atoms with Crippen LogP contribution in [0.2, 0.25) is 0 Å². The molecule has 0 fully saturated rings. The van der Waals surface area contributed by atoms with Crippen LogP contribution in [0.15, 0.2) is 35.7 Å². The van der Waals surface area contributed by atoms with Crippen LogP contribution in [0.3, 0.4) is 0 Å². The molecule has 5 nitrogen and oxygen atoms in total. The highest BCUT2D eigenvalue weighted by atomic mass is 32.1. The molecule has 2 heterocycles. The normalized spacial score (nSPS) is 14.3. The van der Waals surface area contributed by atoms with E-state index >= 15 is 0 Å². The quantitative estimate of drug-likeness (QED) is 0.772. The molecule has 1 aliphatic rings. The van der Waals surface area contributed by atoms with Gasteiger partial charge in [0.05, 0.1) is 5.56 Å². The average Bonchev–Trinajstić information content (AvgIpc) is 3.09. The Morgan fingerprint density at radius 2 is 2.15 bits per heavy atom. The van der Waals surface area contributed by atoms with E-state index in [2.05, 4.69) is 26.6 Å². The van der Waals surface area contributed by atoms with Gasteiger partial charge in [-0.2, -0.15) is 0 Å². The van der Waals surface area contributed by atoms with Crippen molar-refractivity contribution < 1.29 is 9.53 Å². The van der Waals surface area contributed by atoms with Gasteiger partial charge in [-0.25, -0.2) is 0 Å². The Hall–Kier alpha value is -1.89. The van der Waals surface area contributed by atoms with Gasteiger partial charge in [0.1, 0.15) is 12.4 Å². The summed E-state index contributed by atoms with van der Waals surface area (Å²) in [5.74, 6) is 0.575. The van der Waals surface area contributed by atoms with Crippen molar-refractivity contribution in [3.05, 3.63) is 51.7 Å². The highest BCUT2D eigenvalue weighted by Gasteiger charge is 2.17. The zero-order chi connectivity index (χ0) is 18.4. The third-order valence-electron chi connectivity index (χ3n) is 4.53. The lowest BCUT2D eigenvalue weighted by Gasteiger charge is -2.26. The summed E-state index contributed by atoms with van der Waals surface area (Å²) in [7, 11) is 4.00. The Bertz CT molecular complexity index is 729. The van der Waals surface area contributed by atoms with E-state index in [4.69, 9.17) is 4.74 Å². The first kappa shape index (κ1) is 18.9. The van der Waals surface area contributed by atoms with Crippen molar-refractivity contribution in [3.8, 4) is 5.75 Å². The molecule has 1 amide bonds. The first-order valence-corrected chi connectivity index (χ1v) is 9.94. The molecule has 6 heteroatoms. The molecule has 0 bridgehead atoms. The van der Waals surface area contributed by atoms with E-state index in [0.717, 1.165) is 32.6 Å². The van der Waals surface area contributed by atoms with Crippen LogP contribution in [-0.2, 0) is 13.0 Å². The Morgan fingerprint density at radius 3 is 3.00 bits per heavy atom. The summed E-state index contributed by atoms with van der Waals surface area (Å²) in [6, 6.07) is 9.66. The monoisotopic (exact) mass is 373 g/mol. The zero-order valence-corrected chi connectivity index (χ0v) is 16.3. The number of carbonyl (C=O) groups excluding carboxylic acids is 1. The SMILES string of the molecule is CN(C)CCOc1ccccc1C(=O)NCCN1CCc2sccc2C1. The largest absolute Gasteiger partial charge is 0.491 e. The second-order valence-corrected chi connectivity index (χ2v) is 7.80. The molecule has 0 radical (unpaired) electrons. The molecule has 26 heavy (non-hydrogen) atoms. The molecule has 140 valence electrons. The van der Waals surface area contributed by atoms with Crippen LogP contribution in [0.4, 0.5) is 0 Å². The van der Waals surface area contributed by atoms with E-state index in [0.29, 0.717) is 24.5 Å². The van der Waals surface area contributed by atoms with E-state index in [-0.39, 0.29) is 5.91 Å². The minimum Gasteiger partial charge on any atom is -0.491 e. The topological polar surface area (TPSA) is 44.8 Å². The maximum atomic E-state index is 12.5. The number of nitrogens with one attached hydrogen (secondary N) is 1. The lowest BCUT2D eigenvalue weighted by molar-refractivity contribution is 0.0943. The molecule has 0 atom stereocenters. The third kappa shape index (κ3) is 5.06. The van der Waals surface area contributed by atoms with E-state index in [1.54, 1.807) is 0 Å². The zero-order valence-electron chi connectivity index (χ0n) is 15.5. The number of benzene rings is 1. The summed E-state index contributed by atoms with van der Waals surface area (Å²) in [4.78, 5) is 18.5. The maximum Gasteiger partial charge on any atom is 0.255 e. The van der Waals surface area contributed by atoms with Crippen LogP contribution in [-0.4, -0.2) is 62.6 Å². The van der Waals surface area contributed by atoms with Crippen LogP contribution in [0, 0.1) is 0 Å². The van der Waals surface area contributed by atoms with Gasteiger partial charge in [0.25, 0.3) is 5.91 Å². The standard InChI is InChI=1S/C20H27N3O2S/c1-22(2)12-13-25-18-6-4-3-5-17(18)20(24)21-9-11-23-10-7-19-16(15-23)8-14-26-19/h3-6,8,14H,7,9-13,15H2,1-2H3,(H,21,24). The van der Waals surface area contributed by atoms with Gasteiger partial charge in [0.15, 0.2) is 0 Å². The Morgan fingerprint density at radius 1 is 1.31 bits per heavy atom. The van der Waals surface area contributed by atoms with Crippen LogP contribution < -0.4 is 10.1 Å². The Labute approximate surface area is 159 Å². The Balaban J connectivity index is 1.48. The summed E-state index contributed by atoms with van der Waals surface area (Å²) < 4.78 is 5.78. The van der Waals surface area contributed by atoms with Gasteiger partial charge in [0, 0.05) is 37.6 Å². The molecule has 0 spiro atoms. The predicted molar refractivity (Wildman–Crippen MR) is 106 cm³/mol. The molecule has 1 aromatic carbocycles. The van der Waals surface area contributed by atoms with Gasteiger partial charge in [-0.1, -0.05) is 12.1 Å². The number of fused-ring (bicyclic) bond motifs is 1. The number of para-hydroxylation sites is 1. The van der Waals surface area contributed by atoms with Crippen LogP contribution in [0.5, 0.6) is 5.75 Å². The molecule has 0 unspecified atom stereocenters. The molecule has 0 saturated carbocycles. The second-order valence-electron chi connectivity index (χ2n) is 6.80. The number of ether oxygens (including phenoxy) is 1. The van der Waals surface area contributed by atoms with Crippen LogP contribution in [0.25, 0.3) is 0 Å². The van der Waals surface area contributed by atoms with Crippen LogP contribution in [0.1, 0.15) is 20.8 Å². The number of nitrogens with zero attached hydrogens (tertiary/aromatic N) is 2. The van der Waals surface area contributed by atoms with Gasteiger partial charge in [-0.15, -0.1) is 11.3 Å². The minimum absolute atomic E-state index is 0.0707. The molecule has 3 rings (SSSR count). The van der Waals surface area contributed by atoms with Gasteiger partial charge in [-0.3, -0.25) is 9.69 Å². The predicted octanol–water partition coefficient (Wildman–Crippen LogP) is 2.48. The van der Waals surface area contributed by atoms with Crippen molar-refractivity contribution in [2.75, 3.05) is 46.9 Å². The smallest absolute Gasteiger partial charge is 0.255 e. The van der Waals surface area contributed by atoms with E-state index in [1.165, 1.54) is 10.4 Å². The molecule has 0 saturated heterocycles. The lowest BCUT2D eigenvalue weighted by atomic mass is 10.1. The van der Waals surface area contributed by atoms with Crippen molar-refractivity contribution in [3.63, 3.8) is 0 Å². The molecule has 0 aliphatic carbocycles. The van der Waals surface area contributed by atoms with E-state index in [9.17, 15) is 4.79 Å². The molecule has 1 aliphatic heterocycles. The highest BCUT2D eigenvalue weighted by Crippen LogP contribution is 2.23. The van der Waals surface area contributed by atoms with Gasteiger partial charge in [-0.05, 0) is 49.7 Å². The molecule has 2 aromatic rings.